The van der Waals surface area contributed by atoms with E-state index in [0.29, 0.717) is 12.3 Å². The number of aliphatic hydroxyl groups excluding tert-OH is 5. The standard InChI is InChI=1S/C12H25NO6/c1-7(2)3-4-10(17)13-5-8(15)11(18)12(19)9(16)6-14/h7-9,11-12,14-16,18-19H,3-6H2,1-2H3,(H,13,17). The van der Waals surface area contributed by atoms with E-state index in [1.165, 1.54) is 0 Å². The molecular formula is C12H25NO6. The van der Waals surface area contributed by atoms with Gasteiger partial charge in [-0.1, -0.05) is 13.8 Å². The van der Waals surface area contributed by atoms with Crippen molar-refractivity contribution in [3.63, 3.8) is 0 Å². The van der Waals surface area contributed by atoms with Crippen molar-refractivity contribution in [3.05, 3.63) is 0 Å². The third kappa shape index (κ3) is 7.44. The van der Waals surface area contributed by atoms with Crippen molar-refractivity contribution in [1.82, 2.24) is 5.32 Å². The van der Waals surface area contributed by atoms with E-state index in [1.54, 1.807) is 0 Å². The Kier molecular flexibility index (Phi) is 8.86. The average Bonchev–Trinajstić information content (AvgIpc) is 2.39. The average molecular weight is 279 g/mol. The second kappa shape index (κ2) is 9.22. The van der Waals surface area contributed by atoms with Gasteiger partial charge in [0.15, 0.2) is 0 Å². The molecular weight excluding hydrogens is 254 g/mol. The first kappa shape index (κ1) is 18.3. The van der Waals surface area contributed by atoms with Crippen molar-refractivity contribution >= 4 is 5.91 Å². The van der Waals surface area contributed by atoms with Gasteiger partial charge in [-0.05, 0) is 12.3 Å². The fraction of sp³-hybridized carbons (Fsp3) is 0.917. The molecule has 0 rings (SSSR count). The Morgan fingerprint density at radius 1 is 1.05 bits per heavy atom. The molecule has 4 atom stereocenters. The smallest absolute Gasteiger partial charge is 0.220 e. The molecule has 0 aromatic heterocycles. The lowest BCUT2D eigenvalue weighted by Gasteiger charge is -2.25. The molecule has 0 saturated carbocycles. The number of hydrogen-bond donors (Lipinski definition) is 6. The summed E-state index contributed by atoms with van der Waals surface area (Å²) in [5.41, 5.74) is 0. The molecule has 6 N–H and O–H groups in total. The molecule has 0 spiro atoms. The summed E-state index contributed by atoms with van der Waals surface area (Å²) in [7, 11) is 0. The van der Waals surface area contributed by atoms with Gasteiger partial charge in [0.2, 0.25) is 5.91 Å². The van der Waals surface area contributed by atoms with Crippen molar-refractivity contribution in [2.45, 2.75) is 51.1 Å². The SMILES string of the molecule is CC(C)CCC(=O)NCC(O)C(O)C(O)C(O)CO. The van der Waals surface area contributed by atoms with Crippen molar-refractivity contribution < 1.29 is 30.3 Å². The Morgan fingerprint density at radius 2 is 1.58 bits per heavy atom. The van der Waals surface area contributed by atoms with Crippen LogP contribution in [0.1, 0.15) is 26.7 Å². The van der Waals surface area contributed by atoms with Crippen LogP contribution in [0.4, 0.5) is 0 Å². The molecule has 0 bridgehead atoms. The number of nitrogens with one attached hydrogen (secondary N) is 1. The Bertz CT molecular complexity index is 261. The second-order valence-electron chi connectivity index (χ2n) is 5.04. The molecule has 0 aromatic rings. The van der Waals surface area contributed by atoms with Crippen LogP contribution >= 0.6 is 0 Å². The van der Waals surface area contributed by atoms with Gasteiger partial charge in [-0.25, -0.2) is 0 Å². The second-order valence-corrected chi connectivity index (χ2v) is 5.04. The predicted molar refractivity (Wildman–Crippen MR) is 68.2 cm³/mol. The summed E-state index contributed by atoms with van der Waals surface area (Å²) in [4.78, 5) is 11.4. The van der Waals surface area contributed by atoms with E-state index in [2.05, 4.69) is 5.32 Å². The zero-order valence-electron chi connectivity index (χ0n) is 11.4. The molecule has 0 radical (unpaired) electrons. The fourth-order valence-corrected chi connectivity index (χ4v) is 1.41. The minimum absolute atomic E-state index is 0.229. The maximum atomic E-state index is 11.4. The van der Waals surface area contributed by atoms with E-state index in [4.69, 9.17) is 10.2 Å². The summed E-state index contributed by atoms with van der Waals surface area (Å²) in [5.74, 6) is 0.139. The maximum Gasteiger partial charge on any atom is 0.220 e. The molecule has 19 heavy (non-hydrogen) atoms. The molecule has 114 valence electrons. The molecule has 7 nitrogen and oxygen atoms in total. The van der Waals surface area contributed by atoms with E-state index < -0.39 is 31.0 Å². The zero-order valence-corrected chi connectivity index (χ0v) is 11.4. The van der Waals surface area contributed by atoms with Crippen LogP contribution in [-0.4, -0.2) is 69.0 Å². The summed E-state index contributed by atoms with van der Waals surface area (Å²) in [6.07, 6.45) is -5.24. The Labute approximate surface area is 112 Å². The van der Waals surface area contributed by atoms with Crippen LogP contribution < -0.4 is 5.32 Å². The summed E-state index contributed by atoms with van der Waals surface area (Å²) in [5, 5.41) is 48.5. The normalized spacial score (nSPS) is 17.9. The molecule has 1 amide bonds. The zero-order chi connectivity index (χ0) is 15.0. The lowest BCUT2D eigenvalue weighted by Crippen LogP contribution is -2.49. The van der Waals surface area contributed by atoms with Crippen LogP contribution in [0.5, 0.6) is 0 Å². The highest BCUT2D eigenvalue weighted by molar-refractivity contribution is 5.75. The van der Waals surface area contributed by atoms with Crippen molar-refractivity contribution in [2.75, 3.05) is 13.2 Å². The fourth-order valence-electron chi connectivity index (χ4n) is 1.41. The summed E-state index contributed by atoms with van der Waals surface area (Å²) >= 11 is 0. The van der Waals surface area contributed by atoms with Gasteiger partial charge in [-0.3, -0.25) is 4.79 Å². The van der Waals surface area contributed by atoms with Gasteiger partial charge >= 0.3 is 0 Å². The molecule has 0 aliphatic rings. The maximum absolute atomic E-state index is 11.4. The van der Waals surface area contributed by atoms with E-state index in [1.807, 2.05) is 13.8 Å². The van der Waals surface area contributed by atoms with Gasteiger partial charge in [-0.15, -0.1) is 0 Å². The first-order valence-corrected chi connectivity index (χ1v) is 6.39. The van der Waals surface area contributed by atoms with Gasteiger partial charge in [-0.2, -0.15) is 0 Å². The highest BCUT2D eigenvalue weighted by Crippen LogP contribution is 2.05. The molecule has 0 aromatic carbocycles. The van der Waals surface area contributed by atoms with Crippen LogP contribution in [0.3, 0.4) is 0 Å². The minimum Gasteiger partial charge on any atom is -0.394 e. The monoisotopic (exact) mass is 279 g/mol. The van der Waals surface area contributed by atoms with Gasteiger partial charge < -0.3 is 30.8 Å². The lowest BCUT2D eigenvalue weighted by atomic mass is 10.0. The lowest BCUT2D eigenvalue weighted by molar-refractivity contribution is -0.126. The quantitative estimate of drug-likeness (QED) is 0.289. The number of rotatable bonds is 9. The molecule has 0 aliphatic carbocycles. The number of amides is 1. The summed E-state index contributed by atoms with van der Waals surface area (Å²) < 4.78 is 0. The van der Waals surface area contributed by atoms with E-state index in [0.717, 1.165) is 6.42 Å². The van der Waals surface area contributed by atoms with E-state index in [-0.39, 0.29) is 12.5 Å². The third-order valence-electron chi connectivity index (χ3n) is 2.78. The highest BCUT2D eigenvalue weighted by Gasteiger charge is 2.30. The van der Waals surface area contributed by atoms with Crippen molar-refractivity contribution in [1.29, 1.82) is 0 Å². The third-order valence-corrected chi connectivity index (χ3v) is 2.78. The van der Waals surface area contributed by atoms with Gasteiger partial charge in [0.05, 0.1) is 12.7 Å². The molecule has 4 unspecified atom stereocenters. The van der Waals surface area contributed by atoms with Crippen LogP contribution in [-0.2, 0) is 4.79 Å². The van der Waals surface area contributed by atoms with Gasteiger partial charge in [0.1, 0.15) is 18.3 Å². The van der Waals surface area contributed by atoms with Gasteiger partial charge in [0, 0.05) is 13.0 Å². The number of carbonyl (C=O) groups is 1. The minimum atomic E-state index is -1.67. The Balaban J connectivity index is 4.02. The van der Waals surface area contributed by atoms with Crippen LogP contribution in [0.15, 0.2) is 0 Å². The van der Waals surface area contributed by atoms with E-state index >= 15 is 0 Å². The first-order valence-electron chi connectivity index (χ1n) is 6.39. The number of aliphatic hydroxyl groups is 5. The molecule has 0 fully saturated rings. The topological polar surface area (TPSA) is 130 Å². The molecule has 7 heteroatoms. The molecule has 0 saturated heterocycles. The van der Waals surface area contributed by atoms with Crippen LogP contribution in [0, 0.1) is 5.92 Å². The number of carbonyl (C=O) groups excluding carboxylic acids is 1. The predicted octanol–water partition coefficient (Wildman–Crippen LogP) is -2.03. The highest BCUT2D eigenvalue weighted by atomic mass is 16.4. The van der Waals surface area contributed by atoms with Crippen molar-refractivity contribution in [3.8, 4) is 0 Å². The first-order chi connectivity index (χ1) is 8.79. The van der Waals surface area contributed by atoms with Crippen molar-refractivity contribution in [2.24, 2.45) is 5.92 Å². The molecule has 0 aliphatic heterocycles. The summed E-state index contributed by atoms with van der Waals surface area (Å²) in [6, 6.07) is 0. The van der Waals surface area contributed by atoms with Crippen LogP contribution in [0.25, 0.3) is 0 Å². The number of hydrogen-bond acceptors (Lipinski definition) is 6. The van der Waals surface area contributed by atoms with Gasteiger partial charge in [0.25, 0.3) is 0 Å². The summed E-state index contributed by atoms with van der Waals surface area (Å²) in [6.45, 7) is 3.01. The van der Waals surface area contributed by atoms with E-state index in [9.17, 15) is 20.1 Å². The molecule has 0 heterocycles. The van der Waals surface area contributed by atoms with Crippen LogP contribution in [0.2, 0.25) is 0 Å². The Morgan fingerprint density at radius 3 is 2.05 bits per heavy atom. The largest absolute Gasteiger partial charge is 0.394 e. The Hall–Kier alpha value is -0.730.